The zero-order chi connectivity index (χ0) is 19.0. The first-order valence-corrected chi connectivity index (χ1v) is 8.98. The van der Waals surface area contributed by atoms with E-state index in [2.05, 4.69) is 31.3 Å². The average molecular weight is 357 g/mol. The summed E-state index contributed by atoms with van der Waals surface area (Å²) in [7, 11) is 3.38. The second-order valence-corrected chi connectivity index (χ2v) is 7.17. The van der Waals surface area contributed by atoms with Gasteiger partial charge in [0.25, 0.3) is 5.91 Å². The fraction of sp³-hybridized carbons (Fsp3) is 0.500. The second-order valence-electron chi connectivity index (χ2n) is 7.17. The van der Waals surface area contributed by atoms with E-state index < -0.39 is 6.04 Å². The number of likely N-dealkylation sites (N-methyl/N-ethyl adjacent to an activating group) is 1. The molecule has 0 saturated heterocycles. The van der Waals surface area contributed by atoms with Gasteiger partial charge in [-0.05, 0) is 49.4 Å². The minimum Gasteiger partial charge on any atom is -0.385 e. The highest BCUT2D eigenvalue weighted by Crippen LogP contribution is 2.37. The maximum atomic E-state index is 13.1. The third-order valence-corrected chi connectivity index (χ3v) is 5.41. The van der Waals surface area contributed by atoms with Gasteiger partial charge in [0.05, 0.1) is 23.9 Å². The third kappa shape index (κ3) is 3.09. The maximum absolute atomic E-state index is 13.1. The smallest absolute Gasteiger partial charge is 0.322 e. The van der Waals surface area contributed by atoms with Crippen molar-refractivity contribution in [2.24, 2.45) is 0 Å². The standard InChI is InChI=1S/C20H27N3O3/c1-12-9-14(3)15(10-13(12)2)18-17-16(22(4)20(25)21-18)11-23(19(17)24)7-6-8-26-5/h9-10,18H,6-8,11H2,1-5H3,(H,21,25). The van der Waals surface area contributed by atoms with Crippen molar-refractivity contribution in [3.05, 3.63) is 45.7 Å². The lowest BCUT2D eigenvalue weighted by Gasteiger charge is -2.32. The van der Waals surface area contributed by atoms with Crippen LogP contribution in [0.4, 0.5) is 4.79 Å². The zero-order valence-electron chi connectivity index (χ0n) is 16.2. The molecular formula is C20H27N3O3. The Bertz CT molecular complexity index is 785. The summed E-state index contributed by atoms with van der Waals surface area (Å²) < 4.78 is 5.10. The largest absolute Gasteiger partial charge is 0.385 e. The molecule has 2 heterocycles. The molecule has 1 unspecified atom stereocenters. The van der Waals surface area contributed by atoms with Crippen LogP contribution in [0.1, 0.15) is 34.7 Å². The van der Waals surface area contributed by atoms with Gasteiger partial charge in [0.2, 0.25) is 0 Å². The first-order chi connectivity index (χ1) is 12.3. The number of rotatable bonds is 5. The van der Waals surface area contributed by atoms with Crippen molar-refractivity contribution in [2.45, 2.75) is 33.2 Å². The van der Waals surface area contributed by atoms with E-state index in [0.29, 0.717) is 25.3 Å². The summed E-state index contributed by atoms with van der Waals surface area (Å²) in [5.74, 6) is 0.00517. The lowest BCUT2D eigenvalue weighted by molar-refractivity contribution is -0.125. The van der Waals surface area contributed by atoms with Gasteiger partial charge in [0.15, 0.2) is 0 Å². The number of nitrogens with zero attached hydrogens (tertiary/aromatic N) is 2. The number of aryl methyl sites for hydroxylation is 3. The predicted octanol–water partition coefficient (Wildman–Crippen LogP) is 2.44. The first-order valence-electron chi connectivity index (χ1n) is 8.98. The number of amides is 3. The van der Waals surface area contributed by atoms with Crippen LogP contribution in [0.2, 0.25) is 0 Å². The molecule has 6 nitrogen and oxygen atoms in total. The molecule has 26 heavy (non-hydrogen) atoms. The van der Waals surface area contributed by atoms with Gasteiger partial charge < -0.3 is 15.0 Å². The molecule has 0 fully saturated rings. The molecular weight excluding hydrogens is 330 g/mol. The highest BCUT2D eigenvalue weighted by molar-refractivity contribution is 6.01. The lowest BCUT2D eigenvalue weighted by atomic mass is 9.90. The van der Waals surface area contributed by atoms with Crippen LogP contribution >= 0.6 is 0 Å². The molecule has 0 spiro atoms. The SMILES string of the molecule is COCCCN1CC2=C(C1=O)C(c1cc(C)c(C)cc1C)NC(=O)N2C. The minimum absolute atomic E-state index is 0.00517. The number of benzene rings is 1. The van der Waals surface area contributed by atoms with Gasteiger partial charge in [-0.2, -0.15) is 0 Å². The fourth-order valence-electron chi connectivity index (χ4n) is 3.73. The molecule has 140 valence electrons. The molecule has 1 N–H and O–H groups in total. The first kappa shape index (κ1) is 18.5. The number of methoxy groups -OCH3 is 1. The normalized spacial score (nSPS) is 20.0. The molecule has 0 radical (unpaired) electrons. The van der Waals surface area contributed by atoms with E-state index in [1.54, 1.807) is 19.1 Å². The van der Waals surface area contributed by atoms with Gasteiger partial charge in [-0.3, -0.25) is 9.69 Å². The fourth-order valence-corrected chi connectivity index (χ4v) is 3.73. The van der Waals surface area contributed by atoms with E-state index in [-0.39, 0.29) is 11.9 Å². The highest BCUT2D eigenvalue weighted by atomic mass is 16.5. The Kier molecular flexibility index (Phi) is 5.05. The minimum atomic E-state index is -0.395. The molecule has 0 bridgehead atoms. The lowest BCUT2D eigenvalue weighted by Crippen LogP contribution is -2.45. The Morgan fingerprint density at radius 1 is 1.15 bits per heavy atom. The zero-order valence-corrected chi connectivity index (χ0v) is 16.2. The molecule has 2 aliphatic rings. The Hall–Kier alpha value is -2.34. The summed E-state index contributed by atoms with van der Waals surface area (Å²) in [6.45, 7) is 7.87. The number of ether oxygens (including phenoxy) is 1. The Morgan fingerprint density at radius 3 is 2.54 bits per heavy atom. The summed E-state index contributed by atoms with van der Waals surface area (Å²) >= 11 is 0. The predicted molar refractivity (Wildman–Crippen MR) is 99.8 cm³/mol. The van der Waals surface area contributed by atoms with E-state index in [0.717, 1.165) is 28.8 Å². The average Bonchev–Trinajstić information content (AvgIpc) is 2.92. The van der Waals surface area contributed by atoms with Crippen LogP contribution < -0.4 is 5.32 Å². The molecule has 1 atom stereocenters. The molecule has 1 aromatic rings. The number of hydrogen-bond donors (Lipinski definition) is 1. The van der Waals surface area contributed by atoms with Crippen molar-refractivity contribution in [2.75, 3.05) is 33.9 Å². The summed E-state index contributed by atoms with van der Waals surface area (Å²) in [6, 6.07) is 3.64. The maximum Gasteiger partial charge on any atom is 0.322 e. The number of urea groups is 1. The van der Waals surface area contributed by atoms with Crippen LogP contribution in [0.3, 0.4) is 0 Å². The van der Waals surface area contributed by atoms with E-state index in [1.165, 1.54) is 5.56 Å². The van der Waals surface area contributed by atoms with Crippen LogP contribution in [0.25, 0.3) is 0 Å². The number of hydrogen-bond acceptors (Lipinski definition) is 3. The van der Waals surface area contributed by atoms with Gasteiger partial charge in [-0.15, -0.1) is 0 Å². The van der Waals surface area contributed by atoms with Crippen molar-refractivity contribution in [3.8, 4) is 0 Å². The molecule has 2 aliphatic heterocycles. The van der Waals surface area contributed by atoms with Crippen molar-refractivity contribution >= 4 is 11.9 Å². The van der Waals surface area contributed by atoms with Gasteiger partial charge in [-0.25, -0.2) is 4.79 Å². The van der Waals surface area contributed by atoms with Gasteiger partial charge in [-0.1, -0.05) is 12.1 Å². The monoisotopic (exact) mass is 357 g/mol. The molecule has 0 aliphatic carbocycles. The van der Waals surface area contributed by atoms with E-state index in [9.17, 15) is 9.59 Å². The Labute approximate surface area is 154 Å². The van der Waals surface area contributed by atoms with Crippen molar-refractivity contribution in [1.82, 2.24) is 15.1 Å². The van der Waals surface area contributed by atoms with E-state index in [4.69, 9.17) is 4.74 Å². The van der Waals surface area contributed by atoms with Crippen LogP contribution in [-0.4, -0.2) is 55.6 Å². The summed E-state index contributed by atoms with van der Waals surface area (Å²) in [5, 5.41) is 3.02. The van der Waals surface area contributed by atoms with Crippen LogP contribution in [0.15, 0.2) is 23.4 Å². The molecule has 0 aromatic heterocycles. The molecule has 6 heteroatoms. The summed E-state index contributed by atoms with van der Waals surface area (Å²) in [6.07, 6.45) is 0.779. The molecule has 1 aromatic carbocycles. The third-order valence-electron chi connectivity index (χ3n) is 5.41. The molecule has 0 saturated carbocycles. The van der Waals surface area contributed by atoms with Gasteiger partial charge in [0.1, 0.15) is 0 Å². The van der Waals surface area contributed by atoms with Crippen LogP contribution in [-0.2, 0) is 9.53 Å². The Balaban J connectivity index is 1.98. The molecule has 3 amide bonds. The quantitative estimate of drug-likeness (QED) is 0.824. The van der Waals surface area contributed by atoms with Crippen molar-refractivity contribution < 1.29 is 14.3 Å². The van der Waals surface area contributed by atoms with Crippen molar-refractivity contribution in [1.29, 1.82) is 0 Å². The second kappa shape index (κ2) is 7.11. The number of carbonyl (C=O) groups is 2. The van der Waals surface area contributed by atoms with Crippen LogP contribution in [0.5, 0.6) is 0 Å². The number of carbonyl (C=O) groups excluding carboxylic acids is 2. The van der Waals surface area contributed by atoms with Crippen LogP contribution in [0, 0.1) is 20.8 Å². The van der Waals surface area contributed by atoms with Gasteiger partial charge >= 0.3 is 6.03 Å². The topological polar surface area (TPSA) is 61.9 Å². The van der Waals surface area contributed by atoms with Crippen molar-refractivity contribution in [3.63, 3.8) is 0 Å². The van der Waals surface area contributed by atoms with E-state index in [1.807, 2.05) is 11.8 Å². The highest BCUT2D eigenvalue weighted by Gasteiger charge is 2.43. The summed E-state index contributed by atoms with van der Waals surface area (Å²) in [4.78, 5) is 28.9. The molecule has 3 rings (SSSR count). The Morgan fingerprint density at radius 2 is 1.85 bits per heavy atom. The number of nitrogens with one attached hydrogen (secondary N) is 1. The summed E-state index contributed by atoms with van der Waals surface area (Å²) in [5.41, 5.74) is 5.94. The van der Waals surface area contributed by atoms with Gasteiger partial charge in [0, 0.05) is 27.3 Å². The van der Waals surface area contributed by atoms with E-state index >= 15 is 0 Å².